The highest BCUT2D eigenvalue weighted by molar-refractivity contribution is 5.55. The first kappa shape index (κ1) is 14.9. The van der Waals surface area contributed by atoms with Crippen molar-refractivity contribution >= 4 is 5.69 Å². The van der Waals surface area contributed by atoms with E-state index in [1.807, 2.05) is 0 Å². The van der Waals surface area contributed by atoms with Gasteiger partial charge in [0.1, 0.15) is 0 Å². The molecule has 2 heterocycles. The van der Waals surface area contributed by atoms with Gasteiger partial charge >= 0.3 is 0 Å². The molecule has 21 heavy (non-hydrogen) atoms. The summed E-state index contributed by atoms with van der Waals surface area (Å²) in [5.41, 5.74) is 4.17. The molecule has 0 saturated carbocycles. The van der Waals surface area contributed by atoms with Crippen molar-refractivity contribution in [2.45, 2.75) is 39.2 Å². The molecule has 0 aromatic heterocycles. The molecule has 0 radical (unpaired) electrons. The van der Waals surface area contributed by atoms with Gasteiger partial charge < -0.3 is 9.64 Å². The zero-order valence-electron chi connectivity index (χ0n) is 13.5. The average molecular weight is 288 g/mol. The van der Waals surface area contributed by atoms with Crippen LogP contribution in [-0.4, -0.2) is 50.3 Å². The zero-order chi connectivity index (χ0) is 14.7. The van der Waals surface area contributed by atoms with Crippen molar-refractivity contribution < 1.29 is 4.74 Å². The lowest BCUT2D eigenvalue weighted by atomic mass is 10.1. The molecule has 1 unspecified atom stereocenters. The van der Waals surface area contributed by atoms with E-state index in [1.165, 1.54) is 36.1 Å². The Hall–Kier alpha value is -1.06. The molecule has 1 atom stereocenters. The van der Waals surface area contributed by atoms with Crippen molar-refractivity contribution in [3.05, 3.63) is 29.3 Å². The van der Waals surface area contributed by atoms with E-state index in [4.69, 9.17) is 4.74 Å². The molecule has 1 aromatic carbocycles. The third-order valence-corrected chi connectivity index (χ3v) is 4.81. The summed E-state index contributed by atoms with van der Waals surface area (Å²) in [5, 5.41) is 0. The van der Waals surface area contributed by atoms with Gasteiger partial charge in [-0.3, -0.25) is 4.90 Å². The largest absolute Gasteiger partial charge is 0.377 e. The molecule has 3 nitrogen and oxygen atoms in total. The zero-order valence-corrected chi connectivity index (χ0v) is 13.5. The summed E-state index contributed by atoms with van der Waals surface area (Å²) in [7, 11) is 0. The summed E-state index contributed by atoms with van der Waals surface area (Å²) in [6.07, 6.45) is 4.31. The molecule has 0 aliphatic carbocycles. The van der Waals surface area contributed by atoms with E-state index in [0.29, 0.717) is 6.10 Å². The van der Waals surface area contributed by atoms with Gasteiger partial charge in [0.05, 0.1) is 6.10 Å². The Morgan fingerprint density at radius 3 is 2.62 bits per heavy atom. The topological polar surface area (TPSA) is 15.7 Å². The predicted molar refractivity (Wildman–Crippen MR) is 88.2 cm³/mol. The van der Waals surface area contributed by atoms with Crippen LogP contribution in [0.4, 0.5) is 5.69 Å². The summed E-state index contributed by atoms with van der Waals surface area (Å²) in [5.74, 6) is 0. The molecule has 0 amide bonds. The normalized spacial score (nSPS) is 24.3. The number of aryl methyl sites for hydroxylation is 2. The second-order valence-electron chi connectivity index (χ2n) is 6.57. The molecule has 2 saturated heterocycles. The number of rotatable bonds is 3. The minimum absolute atomic E-state index is 0.478. The van der Waals surface area contributed by atoms with E-state index in [9.17, 15) is 0 Å². The Labute approximate surface area is 128 Å². The third-order valence-electron chi connectivity index (χ3n) is 4.81. The highest BCUT2D eigenvalue weighted by Gasteiger charge is 2.22. The van der Waals surface area contributed by atoms with Crippen LogP contribution in [0.5, 0.6) is 0 Å². The maximum Gasteiger partial charge on any atom is 0.0702 e. The van der Waals surface area contributed by atoms with Crippen LogP contribution in [-0.2, 0) is 4.74 Å². The first-order valence-electron chi connectivity index (χ1n) is 8.38. The van der Waals surface area contributed by atoms with Gasteiger partial charge in [-0.25, -0.2) is 0 Å². The molecule has 116 valence electrons. The van der Waals surface area contributed by atoms with Crippen molar-refractivity contribution in [2.24, 2.45) is 0 Å². The van der Waals surface area contributed by atoms with Gasteiger partial charge in [-0.15, -0.1) is 0 Å². The van der Waals surface area contributed by atoms with Gasteiger partial charge in [-0.1, -0.05) is 12.1 Å². The van der Waals surface area contributed by atoms with Crippen LogP contribution >= 0.6 is 0 Å². The predicted octanol–water partition coefficient (Wildman–Crippen LogP) is 2.99. The van der Waals surface area contributed by atoms with Gasteiger partial charge in [-0.2, -0.15) is 0 Å². The van der Waals surface area contributed by atoms with Gasteiger partial charge in [0.2, 0.25) is 0 Å². The van der Waals surface area contributed by atoms with Gasteiger partial charge in [0, 0.05) is 45.0 Å². The summed E-state index contributed by atoms with van der Waals surface area (Å²) in [6, 6.07) is 6.78. The molecule has 0 bridgehead atoms. The Morgan fingerprint density at radius 1 is 1.10 bits per heavy atom. The lowest BCUT2D eigenvalue weighted by Gasteiger charge is -2.38. The molecule has 0 N–H and O–H groups in total. The molecule has 2 fully saturated rings. The summed E-state index contributed by atoms with van der Waals surface area (Å²) < 4.78 is 5.87. The lowest BCUT2D eigenvalue weighted by molar-refractivity contribution is -0.00645. The third kappa shape index (κ3) is 3.78. The van der Waals surface area contributed by atoms with Gasteiger partial charge in [-0.05, 0) is 50.3 Å². The maximum absolute atomic E-state index is 5.87. The van der Waals surface area contributed by atoms with Gasteiger partial charge in [0.15, 0.2) is 0 Å². The second-order valence-corrected chi connectivity index (χ2v) is 6.57. The van der Waals surface area contributed by atoms with Crippen LogP contribution in [0.1, 0.15) is 30.4 Å². The van der Waals surface area contributed by atoms with Crippen LogP contribution in [0.3, 0.4) is 0 Å². The minimum Gasteiger partial charge on any atom is -0.377 e. The Balaban J connectivity index is 1.53. The molecule has 3 heteroatoms. The monoisotopic (exact) mass is 288 g/mol. The molecular formula is C18H28N2O. The van der Waals surface area contributed by atoms with E-state index in [2.05, 4.69) is 41.8 Å². The minimum atomic E-state index is 0.478. The lowest BCUT2D eigenvalue weighted by Crippen LogP contribution is -2.49. The van der Waals surface area contributed by atoms with Crippen molar-refractivity contribution in [1.29, 1.82) is 0 Å². The van der Waals surface area contributed by atoms with Crippen molar-refractivity contribution in [3.8, 4) is 0 Å². The van der Waals surface area contributed by atoms with Crippen LogP contribution in [0, 0.1) is 13.8 Å². The Morgan fingerprint density at radius 2 is 1.90 bits per heavy atom. The van der Waals surface area contributed by atoms with Crippen molar-refractivity contribution in [3.63, 3.8) is 0 Å². The quantitative estimate of drug-likeness (QED) is 0.850. The molecule has 2 aliphatic heterocycles. The van der Waals surface area contributed by atoms with Gasteiger partial charge in [0.25, 0.3) is 0 Å². The van der Waals surface area contributed by atoms with E-state index < -0.39 is 0 Å². The maximum atomic E-state index is 5.87. The molecule has 1 aromatic rings. The summed E-state index contributed by atoms with van der Waals surface area (Å²) in [6.45, 7) is 11.1. The number of hydrogen-bond acceptors (Lipinski definition) is 3. The number of benzene rings is 1. The fourth-order valence-corrected chi connectivity index (χ4v) is 3.47. The van der Waals surface area contributed by atoms with E-state index >= 15 is 0 Å². The van der Waals surface area contributed by atoms with E-state index in [-0.39, 0.29) is 0 Å². The van der Waals surface area contributed by atoms with Crippen molar-refractivity contribution in [1.82, 2.24) is 4.90 Å². The second kappa shape index (κ2) is 6.80. The Kier molecular flexibility index (Phi) is 4.81. The number of anilines is 1. The van der Waals surface area contributed by atoms with Crippen LogP contribution in [0.25, 0.3) is 0 Å². The summed E-state index contributed by atoms with van der Waals surface area (Å²) in [4.78, 5) is 5.12. The number of piperazine rings is 1. The summed E-state index contributed by atoms with van der Waals surface area (Å²) >= 11 is 0. The van der Waals surface area contributed by atoms with E-state index in [0.717, 1.165) is 39.3 Å². The fraction of sp³-hybridized carbons (Fsp3) is 0.667. The van der Waals surface area contributed by atoms with Crippen LogP contribution in [0.2, 0.25) is 0 Å². The highest BCUT2D eigenvalue weighted by Crippen LogP contribution is 2.23. The molecule has 0 spiro atoms. The molecular weight excluding hydrogens is 260 g/mol. The van der Waals surface area contributed by atoms with Crippen molar-refractivity contribution in [2.75, 3.05) is 44.2 Å². The average Bonchev–Trinajstić information content (AvgIpc) is 2.52. The Bertz CT molecular complexity index is 460. The van der Waals surface area contributed by atoms with Crippen LogP contribution in [0.15, 0.2) is 18.2 Å². The smallest absolute Gasteiger partial charge is 0.0702 e. The fourth-order valence-electron chi connectivity index (χ4n) is 3.47. The van der Waals surface area contributed by atoms with Crippen LogP contribution < -0.4 is 4.90 Å². The molecule has 3 rings (SSSR count). The number of ether oxygens (including phenoxy) is 1. The first-order chi connectivity index (χ1) is 10.2. The first-order valence-corrected chi connectivity index (χ1v) is 8.38. The standard InChI is InChI=1S/C18H28N2O/c1-15-6-7-16(2)18(13-15)20-10-8-19(9-11-20)14-17-5-3-4-12-21-17/h6-7,13,17H,3-5,8-12,14H2,1-2H3. The number of nitrogens with zero attached hydrogens (tertiary/aromatic N) is 2. The highest BCUT2D eigenvalue weighted by atomic mass is 16.5. The molecule has 2 aliphatic rings. The van der Waals surface area contributed by atoms with E-state index in [1.54, 1.807) is 0 Å². The SMILES string of the molecule is Cc1ccc(C)c(N2CCN(CC3CCCCO3)CC2)c1. The number of hydrogen-bond donors (Lipinski definition) is 0.